The van der Waals surface area contributed by atoms with Gasteiger partial charge >= 0.3 is 0 Å². The van der Waals surface area contributed by atoms with E-state index in [9.17, 15) is 0 Å². The third-order valence-electron chi connectivity index (χ3n) is 3.11. The summed E-state index contributed by atoms with van der Waals surface area (Å²) in [5.74, 6) is 0. The normalized spacial score (nSPS) is 10.5. The molecule has 0 aliphatic carbocycles. The Morgan fingerprint density at radius 2 is 2.00 bits per heavy atom. The molecule has 0 saturated heterocycles. The van der Waals surface area contributed by atoms with Crippen molar-refractivity contribution >= 4 is 22.7 Å². The van der Waals surface area contributed by atoms with Gasteiger partial charge in [-0.25, -0.2) is 4.68 Å². The summed E-state index contributed by atoms with van der Waals surface area (Å²) >= 11 is 0. The first-order valence-electron chi connectivity index (χ1n) is 6.24. The van der Waals surface area contributed by atoms with Crippen LogP contribution in [-0.2, 0) is 6.54 Å². The molecule has 0 aliphatic heterocycles. The summed E-state index contributed by atoms with van der Waals surface area (Å²) in [4.78, 5) is 0. The smallest absolute Gasteiger partial charge is 0.0543 e. The lowest BCUT2D eigenvalue weighted by Gasteiger charge is -2.08. The number of nitrogens with zero attached hydrogens (tertiary/aromatic N) is 2. The molecule has 19 heavy (non-hydrogen) atoms. The van der Waals surface area contributed by atoms with Crippen LogP contribution in [0.15, 0.2) is 61.4 Å². The molecule has 0 amide bonds. The van der Waals surface area contributed by atoms with Crippen LogP contribution < -0.4 is 5.32 Å². The number of aromatic nitrogens is 2. The first kappa shape index (κ1) is 11.5. The molecule has 0 unspecified atom stereocenters. The van der Waals surface area contributed by atoms with Gasteiger partial charge in [-0.2, -0.15) is 5.10 Å². The molecule has 94 valence electrons. The van der Waals surface area contributed by atoms with Crippen molar-refractivity contribution in [1.29, 1.82) is 0 Å². The van der Waals surface area contributed by atoms with Crippen molar-refractivity contribution in [2.24, 2.45) is 0 Å². The van der Waals surface area contributed by atoms with Crippen LogP contribution in [0.4, 0.5) is 5.69 Å². The van der Waals surface area contributed by atoms with Crippen molar-refractivity contribution < 1.29 is 0 Å². The molecule has 1 aromatic heterocycles. The number of nitrogens with one attached hydrogen (secondary N) is 1. The molecule has 0 fully saturated rings. The minimum atomic E-state index is 0.752. The van der Waals surface area contributed by atoms with Crippen LogP contribution in [0, 0.1) is 0 Å². The van der Waals surface area contributed by atoms with Gasteiger partial charge in [-0.1, -0.05) is 43.0 Å². The molecule has 2 aromatic carbocycles. The van der Waals surface area contributed by atoms with Crippen molar-refractivity contribution in [2.75, 3.05) is 5.32 Å². The van der Waals surface area contributed by atoms with Crippen molar-refractivity contribution in [3.8, 4) is 0 Å². The van der Waals surface area contributed by atoms with Crippen LogP contribution in [0.3, 0.4) is 0 Å². The van der Waals surface area contributed by atoms with Gasteiger partial charge in [0, 0.05) is 35.6 Å². The van der Waals surface area contributed by atoms with Crippen LogP contribution in [0.25, 0.3) is 17.0 Å². The van der Waals surface area contributed by atoms with Crippen LogP contribution in [0.5, 0.6) is 0 Å². The highest BCUT2D eigenvalue weighted by Gasteiger charge is 2.01. The fourth-order valence-corrected chi connectivity index (χ4v) is 2.15. The van der Waals surface area contributed by atoms with Crippen LogP contribution in [-0.4, -0.2) is 9.78 Å². The predicted octanol–water partition coefficient (Wildman–Crippen LogP) is 3.75. The highest BCUT2D eigenvalue weighted by Crippen LogP contribution is 2.23. The molecule has 3 heteroatoms. The van der Waals surface area contributed by atoms with E-state index in [0.717, 1.165) is 17.8 Å². The molecule has 3 nitrogen and oxygen atoms in total. The number of benzene rings is 2. The molecule has 0 aliphatic rings. The van der Waals surface area contributed by atoms with Gasteiger partial charge in [-0.05, 0) is 11.5 Å². The summed E-state index contributed by atoms with van der Waals surface area (Å²) in [6, 6.07) is 14.7. The molecule has 0 saturated carbocycles. The lowest BCUT2D eigenvalue weighted by Crippen LogP contribution is -1.98. The molecule has 0 atom stereocenters. The largest absolute Gasteiger partial charge is 0.380 e. The fraction of sp³-hybridized carbons (Fsp3) is 0.0625. The van der Waals surface area contributed by atoms with Gasteiger partial charge in [0.1, 0.15) is 0 Å². The zero-order chi connectivity index (χ0) is 13.1. The number of anilines is 1. The standard InChI is InChI=1S/C16H15N3/c1-2-19-12-13(11-18-19)10-17-16-9-5-7-14-6-3-4-8-15(14)16/h2-9,11-12,17H,1,10H2. The highest BCUT2D eigenvalue weighted by atomic mass is 15.2. The minimum absolute atomic E-state index is 0.752. The van der Waals surface area contributed by atoms with Gasteiger partial charge in [0.2, 0.25) is 0 Å². The lowest BCUT2D eigenvalue weighted by molar-refractivity contribution is 0.936. The average Bonchev–Trinajstić information content (AvgIpc) is 2.93. The Labute approximate surface area is 112 Å². The average molecular weight is 249 g/mol. The zero-order valence-corrected chi connectivity index (χ0v) is 10.6. The maximum atomic E-state index is 4.17. The highest BCUT2D eigenvalue weighted by molar-refractivity contribution is 5.93. The van der Waals surface area contributed by atoms with Crippen LogP contribution in [0.2, 0.25) is 0 Å². The van der Waals surface area contributed by atoms with E-state index in [1.807, 2.05) is 12.4 Å². The zero-order valence-electron chi connectivity index (χ0n) is 10.6. The van der Waals surface area contributed by atoms with E-state index in [1.165, 1.54) is 10.8 Å². The maximum Gasteiger partial charge on any atom is 0.0543 e. The van der Waals surface area contributed by atoms with Crippen molar-refractivity contribution in [2.45, 2.75) is 6.54 Å². The molecule has 0 radical (unpaired) electrons. The van der Waals surface area contributed by atoms with E-state index in [-0.39, 0.29) is 0 Å². The Hall–Kier alpha value is -2.55. The summed E-state index contributed by atoms with van der Waals surface area (Å²) in [5.41, 5.74) is 2.28. The lowest BCUT2D eigenvalue weighted by atomic mass is 10.1. The molecule has 3 rings (SSSR count). The monoisotopic (exact) mass is 249 g/mol. The number of fused-ring (bicyclic) bond motifs is 1. The van der Waals surface area contributed by atoms with Gasteiger partial charge in [0.25, 0.3) is 0 Å². The van der Waals surface area contributed by atoms with Gasteiger partial charge < -0.3 is 5.32 Å². The van der Waals surface area contributed by atoms with Crippen LogP contribution in [0.1, 0.15) is 5.56 Å². The summed E-state index contributed by atoms with van der Waals surface area (Å²) < 4.78 is 1.71. The Morgan fingerprint density at radius 1 is 1.16 bits per heavy atom. The number of hydrogen-bond donors (Lipinski definition) is 1. The third-order valence-corrected chi connectivity index (χ3v) is 3.11. The molecule has 1 N–H and O–H groups in total. The summed E-state index contributed by atoms with van der Waals surface area (Å²) in [6.07, 6.45) is 5.49. The molecule has 3 aromatic rings. The van der Waals surface area contributed by atoms with E-state index in [4.69, 9.17) is 0 Å². The Morgan fingerprint density at radius 3 is 2.84 bits per heavy atom. The van der Waals surface area contributed by atoms with E-state index in [1.54, 1.807) is 10.9 Å². The second-order valence-corrected chi connectivity index (χ2v) is 4.39. The Bertz CT molecular complexity index is 707. The fourth-order valence-electron chi connectivity index (χ4n) is 2.15. The van der Waals surface area contributed by atoms with Gasteiger partial charge in [-0.15, -0.1) is 0 Å². The van der Waals surface area contributed by atoms with Crippen molar-refractivity contribution in [3.63, 3.8) is 0 Å². The predicted molar refractivity (Wildman–Crippen MR) is 79.9 cm³/mol. The SMILES string of the molecule is C=Cn1cc(CNc2cccc3ccccc23)cn1. The van der Waals surface area contributed by atoms with Gasteiger partial charge in [0.15, 0.2) is 0 Å². The van der Waals surface area contributed by atoms with Crippen molar-refractivity contribution in [3.05, 3.63) is 67.0 Å². The van der Waals surface area contributed by atoms with E-state index >= 15 is 0 Å². The van der Waals surface area contributed by atoms with Gasteiger partial charge in [-0.3, -0.25) is 0 Å². The molecular weight excluding hydrogens is 234 g/mol. The molecule has 0 spiro atoms. The topological polar surface area (TPSA) is 29.9 Å². The first-order valence-corrected chi connectivity index (χ1v) is 6.24. The van der Waals surface area contributed by atoms with Crippen molar-refractivity contribution in [1.82, 2.24) is 9.78 Å². The first-order chi connectivity index (χ1) is 9.36. The quantitative estimate of drug-likeness (QED) is 0.763. The summed E-state index contributed by atoms with van der Waals surface area (Å²) in [6.45, 7) is 4.44. The van der Waals surface area contributed by atoms with E-state index in [2.05, 4.69) is 59.5 Å². The maximum absolute atomic E-state index is 4.17. The summed E-state index contributed by atoms with van der Waals surface area (Å²) in [5, 5.41) is 10.1. The van der Waals surface area contributed by atoms with Gasteiger partial charge in [0.05, 0.1) is 6.20 Å². The number of hydrogen-bond acceptors (Lipinski definition) is 2. The third kappa shape index (κ3) is 2.36. The Balaban J connectivity index is 1.83. The Kier molecular flexibility index (Phi) is 3.02. The van der Waals surface area contributed by atoms with E-state index in [0.29, 0.717) is 0 Å². The second kappa shape index (κ2) is 4.98. The number of rotatable bonds is 4. The minimum Gasteiger partial charge on any atom is -0.380 e. The molecular formula is C16H15N3. The molecule has 1 heterocycles. The second-order valence-electron chi connectivity index (χ2n) is 4.39. The van der Waals surface area contributed by atoms with Crippen LogP contribution >= 0.6 is 0 Å². The summed E-state index contributed by atoms with van der Waals surface area (Å²) in [7, 11) is 0. The van der Waals surface area contributed by atoms with E-state index < -0.39 is 0 Å². The molecule has 0 bridgehead atoms.